The van der Waals surface area contributed by atoms with Gasteiger partial charge in [0.1, 0.15) is 7.58 Å². The first-order chi connectivity index (χ1) is 6.79. The molecule has 0 aromatic heterocycles. The van der Waals surface area contributed by atoms with Gasteiger partial charge >= 0.3 is 0 Å². The summed E-state index contributed by atoms with van der Waals surface area (Å²) >= 11 is 6.43. The maximum atomic E-state index is 6.43. The van der Waals surface area contributed by atoms with E-state index in [-0.39, 0.29) is 0 Å². The van der Waals surface area contributed by atoms with E-state index < -0.39 is 7.58 Å². The molecule has 0 spiro atoms. The van der Waals surface area contributed by atoms with Gasteiger partial charge < -0.3 is 0 Å². The molecular weight excluding hydrogens is 215 g/mol. The van der Waals surface area contributed by atoms with Gasteiger partial charge in [-0.1, -0.05) is 37.9 Å². The largest absolute Gasteiger partial charge is 0.256 e. The highest BCUT2D eigenvalue weighted by atomic mass is 35.7. The molecule has 2 nitrogen and oxygen atoms in total. The van der Waals surface area contributed by atoms with Crippen LogP contribution in [0.1, 0.15) is 39.5 Å². The number of rotatable bonds is 6. The van der Waals surface area contributed by atoms with Gasteiger partial charge in [-0.3, -0.25) is 9.34 Å². The second-order valence-electron chi connectivity index (χ2n) is 3.86. The van der Waals surface area contributed by atoms with Crippen molar-refractivity contribution in [1.82, 2.24) is 9.34 Å². The summed E-state index contributed by atoms with van der Waals surface area (Å²) in [7, 11) is -0.476. The van der Waals surface area contributed by atoms with Crippen molar-refractivity contribution in [3.8, 4) is 0 Å². The fourth-order valence-corrected chi connectivity index (χ4v) is 4.03. The Hall–Kier alpha value is 0.640. The van der Waals surface area contributed by atoms with Crippen LogP contribution in [0, 0.1) is 0 Å². The molecule has 1 saturated heterocycles. The van der Waals surface area contributed by atoms with Crippen LogP contribution in [0.25, 0.3) is 0 Å². The molecule has 0 radical (unpaired) electrons. The predicted octanol–water partition coefficient (Wildman–Crippen LogP) is 3.67. The van der Waals surface area contributed by atoms with Gasteiger partial charge in [0.15, 0.2) is 0 Å². The van der Waals surface area contributed by atoms with E-state index in [4.69, 9.17) is 11.2 Å². The topological polar surface area (TPSA) is 6.48 Å². The molecule has 0 saturated carbocycles. The van der Waals surface area contributed by atoms with Crippen molar-refractivity contribution >= 4 is 18.8 Å². The molecule has 84 valence electrons. The van der Waals surface area contributed by atoms with Crippen molar-refractivity contribution in [3.05, 3.63) is 0 Å². The molecule has 0 N–H and O–H groups in total. The van der Waals surface area contributed by atoms with Crippen LogP contribution in [0.3, 0.4) is 0 Å². The van der Waals surface area contributed by atoms with E-state index >= 15 is 0 Å². The fourth-order valence-electron chi connectivity index (χ4n) is 1.64. The van der Waals surface area contributed by atoms with Gasteiger partial charge in [0.05, 0.1) is 0 Å². The SMILES string of the molecule is CCCCN1CCN(CCCC)P1Cl. The maximum absolute atomic E-state index is 6.43. The fraction of sp³-hybridized carbons (Fsp3) is 1.00. The number of nitrogens with zero attached hydrogens (tertiary/aromatic N) is 2. The van der Waals surface area contributed by atoms with Gasteiger partial charge in [-0.25, -0.2) is 0 Å². The summed E-state index contributed by atoms with van der Waals surface area (Å²) in [4.78, 5) is 0. The van der Waals surface area contributed by atoms with Crippen molar-refractivity contribution in [2.24, 2.45) is 0 Å². The molecule has 1 aliphatic heterocycles. The molecule has 0 amide bonds. The van der Waals surface area contributed by atoms with Crippen LogP contribution in [-0.2, 0) is 0 Å². The highest BCUT2D eigenvalue weighted by Crippen LogP contribution is 2.52. The molecule has 1 aliphatic rings. The first-order valence-electron chi connectivity index (χ1n) is 5.75. The summed E-state index contributed by atoms with van der Waals surface area (Å²) in [5, 5.41) is 0. The Labute approximate surface area is 94.2 Å². The lowest BCUT2D eigenvalue weighted by atomic mass is 10.3. The maximum Gasteiger partial charge on any atom is 0.140 e. The lowest BCUT2D eigenvalue weighted by Crippen LogP contribution is -2.14. The summed E-state index contributed by atoms with van der Waals surface area (Å²) in [5.41, 5.74) is 0. The molecule has 0 bridgehead atoms. The Bertz CT molecular complexity index is 141. The standard InChI is InChI=1S/C10H22ClN2P/c1-3-5-7-12-9-10-13(14(12)11)8-6-4-2/h3-10H2,1-2H3. The Morgan fingerprint density at radius 3 is 1.79 bits per heavy atom. The van der Waals surface area contributed by atoms with Crippen LogP contribution in [0.2, 0.25) is 0 Å². The molecule has 0 aliphatic carbocycles. The van der Waals surface area contributed by atoms with Crippen molar-refractivity contribution in [2.45, 2.75) is 39.5 Å². The Balaban J connectivity index is 2.24. The molecule has 1 heterocycles. The third-order valence-corrected chi connectivity index (χ3v) is 5.64. The number of halogens is 1. The van der Waals surface area contributed by atoms with Gasteiger partial charge in [-0.15, -0.1) is 0 Å². The summed E-state index contributed by atoms with van der Waals surface area (Å²) in [6, 6.07) is 0. The van der Waals surface area contributed by atoms with Crippen molar-refractivity contribution in [3.63, 3.8) is 0 Å². The molecule has 1 rings (SSSR count). The Morgan fingerprint density at radius 2 is 1.43 bits per heavy atom. The van der Waals surface area contributed by atoms with Gasteiger partial charge in [0.2, 0.25) is 0 Å². The van der Waals surface area contributed by atoms with Crippen molar-refractivity contribution < 1.29 is 0 Å². The molecule has 14 heavy (non-hydrogen) atoms. The quantitative estimate of drug-likeness (QED) is 0.650. The Kier molecular flexibility index (Phi) is 6.36. The molecule has 0 aromatic carbocycles. The average Bonchev–Trinajstić information content (AvgIpc) is 2.54. The summed E-state index contributed by atoms with van der Waals surface area (Å²) in [6.45, 7) is 9.21. The molecule has 0 aromatic rings. The summed E-state index contributed by atoms with van der Waals surface area (Å²) in [6.07, 6.45) is 5.11. The summed E-state index contributed by atoms with van der Waals surface area (Å²) < 4.78 is 4.91. The number of hydrogen-bond acceptors (Lipinski definition) is 2. The van der Waals surface area contributed by atoms with Crippen LogP contribution < -0.4 is 0 Å². The first kappa shape index (κ1) is 12.7. The third kappa shape index (κ3) is 3.66. The highest BCUT2D eigenvalue weighted by Gasteiger charge is 2.29. The molecule has 0 unspecified atom stereocenters. The van der Waals surface area contributed by atoms with Crippen LogP contribution in [0.4, 0.5) is 0 Å². The smallest absolute Gasteiger partial charge is 0.140 e. The number of unbranched alkanes of at least 4 members (excludes halogenated alkanes) is 2. The van der Waals surface area contributed by atoms with Crippen molar-refractivity contribution in [1.29, 1.82) is 0 Å². The predicted molar refractivity (Wildman–Crippen MR) is 65.7 cm³/mol. The highest BCUT2D eigenvalue weighted by molar-refractivity contribution is 7.80. The zero-order chi connectivity index (χ0) is 10.4. The molecule has 4 heteroatoms. The monoisotopic (exact) mass is 236 g/mol. The first-order valence-corrected chi connectivity index (χ1v) is 7.90. The molecule has 1 fully saturated rings. The second kappa shape index (κ2) is 7.00. The van der Waals surface area contributed by atoms with E-state index in [9.17, 15) is 0 Å². The number of hydrogen-bond donors (Lipinski definition) is 0. The zero-order valence-electron chi connectivity index (χ0n) is 9.38. The van der Waals surface area contributed by atoms with E-state index in [1.54, 1.807) is 0 Å². The lowest BCUT2D eigenvalue weighted by Gasteiger charge is -2.23. The van der Waals surface area contributed by atoms with Crippen LogP contribution >= 0.6 is 18.8 Å². The van der Waals surface area contributed by atoms with E-state index in [0.29, 0.717) is 0 Å². The van der Waals surface area contributed by atoms with Crippen LogP contribution in [-0.4, -0.2) is 35.5 Å². The second-order valence-corrected chi connectivity index (χ2v) is 6.37. The minimum atomic E-state index is -0.476. The summed E-state index contributed by atoms with van der Waals surface area (Å²) in [5.74, 6) is 0. The minimum Gasteiger partial charge on any atom is -0.256 e. The van der Waals surface area contributed by atoms with E-state index in [1.807, 2.05) is 0 Å². The van der Waals surface area contributed by atoms with Crippen LogP contribution in [0.5, 0.6) is 0 Å². The molecule has 0 atom stereocenters. The van der Waals surface area contributed by atoms with Gasteiger partial charge in [-0.2, -0.15) is 0 Å². The van der Waals surface area contributed by atoms with Gasteiger partial charge in [0, 0.05) is 26.2 Å². The lowest BCUT2D eigenvalue weighted by molar-refractivity contribution is 0.449. The van der Waals surface area contributed by atoms with E-state index in [0.717, 1.165) is 0 Å². The van der Waals surface area contributed by atoms with E-state index in [1.165, 1.54) is 51.9 Å². The zero-order valence-corrected chi connectivity index (χ0v) is 11.0. The van der Waals surface area contributed by atoms with Crippen LogP contribution in [0.15, 0.2) is 0 Å². The average molecular weight is 237 g/mol. The third-order valence-electron chi connectivity index (χ3n) is 2.62. The minimum absolute atomic E-state index is 0.476. The van der Waals surface area contributed by atoms with Gasteiger partial charge in [0.25, 0.3) is 0 Å². The van der Waals surface area contributed by atoms with Gasteiger partial charge in [-0.05, 0) is 12.8 Å². The van der Waals surface area contributed by atoms with E-state index in [2.05, 4.69) is 23.2 Å². The van der Waals surface area contributed by atoms with Crippen molar-refractivity contribution in [2.75, 3.05) is 26.2 Å². The normalized spacial score (nSPS) is 20.8. The Morgan fingerprint density at radius 1 is 1.00 bits per heavy atom. The molecular formula is C10H22ClN2P.